The topological polar surface area (TPSA) is 192 Å². The molecule has 0 saturated carbocycles. The lowest BCUT2D eigenvalue weighted by Gasteiger charge is -2.20. The van der Waals surface area contributed by atoms with Gasteiger partial charge < -0.3 is 30.3 Å². The van der Waals surface area contributed by atoms with E-state index in [0.717, 1.165) is 70.6 Å². The minimum absolute atomic E-state index is 0.00860. The third kappa shape index (κ3) is 39.3. The normalized spacial score (nSPS) is 15.3. The first-order valence-electron chi connectivity index (χ1n) is 21.0. The molecule has 4 atom stereocenters. The molecule has 13 heteroatoms. The monoisotopic (exact) mass is 845 g/mol. The fourth-order valence-electron chi connectivity index (χ4n) is 4.86. The van der Waals surface area contributed by atoms with Crippen LogP contribution >= 0.6 is 7.82 Å². The largest absolute Gasteiger partial charge is 0.480 e. The number of carbonyl (C=O) groups is 3. The predicted molar refractivity (Wildman–Crippen MR) is 236 cm³/mol. The number of hydrogen-bond donors (Lipinski definition) is 4. The molecule has 0 aromatic heterocycles. The molecule has 0 aliphatic rings. The fraction of sp³-hybridized carbons (Fsp3) is 0.543. The average Bonchev–Trinajstić information content (AvgIpc) is 3.21. The van der Waals surface area contributed by atoms with E-state index in [1.54, 1.807) is 6.08 Å². The Morgan fingerprint density at radius 3 is 1.66 bits per heavy atom. The van der Waals surface area contributed by atoms with E-state index < -0.39 is 63.8 Å². The fourth-order valence-corrected chi connectivity index (χ4v) is 5.64. The van der Waals surface area contributed by atoms with Gasteiger partial charge in [-0.05, 0) is 70.6 Å². The van der Waals surface area contributed by atoms with Gasteiger partial charge in [0.1, 0.15) is 12.6 Å². The van der Waals surface area contributed by atoms with Gasteiger partial charge in [0, 0.05) is 12.8 Å². The third-order valence-electron chi connectivity index (χ3n) is 8.13. The van der Waals surface area contributed by atoms with Crippen LogP contribution in [0.1, 0.15) is 123 Å². The van der Waals surface area contributed by atoms with Crippen molar-refractivity contribution in [1.29, 1.82) is 0 Å². The molecule has 0 aliphatic heterocycles. The summed E-state index contributed by atoms with van der Waals surface area (Å²) >= 11 is 0. The van der Waals surface area contributed by atoms with Gasteiger partial charge in [0.15, 0.2) is 6.10 Å². The van der Waals surface area contributed by atoms with Crippen molar-refractivity contribution in [3.05, 3.63) is 109 Å². The number of phosphoric acid groups is 1. The molecule has 0 heterocycles. The Bertz CT molecular complexity index is 1430. The summed E-state index contributed by atoms with van der Waals surface area (Å²) in [7, 11) is -4.77. The third-order valence-corrected chi connectivity index (χ3v) is 9.08. The first-order chi connectivity index (χ1) is 28.5. The van der Waals surface area contributed by atoms with Crippen molar-refractivity contribution in [1.82, 2.24) is 0 Å². The van der Waals surface area contributed by atoms with Crippen LogP contribution in [0.5, 0.6) is 0 Å². The van der Waals surface area contributed by atoms with Crippen molar-refractivity contribution in [3.8, 4) is 0 Å². The van der Waals surface area contributed by atoms with Crippen LogP contribution in [0.15, 0.2) is 109 Å². The molecule has 59 heavy (non-hydrogen) atoms. The zero-order chi connectivity index (χ0) is 43.7. The molecule has 0 amide bonds. The van der Waals surface area contributed by atoms with Gasteiger partial charge in [-0.15, -0.1) is 0 Å². The van der Waals surface area contributed by atoms with Crippen LogP contribution in [-0.4, -0.2) is 71.1 Å². The van der Waals surface area contributed by atoms with Crippen LogP contribution in [0.2, 0.25) is 0 Å². The van der Waals surface area contributed by atoms with Crippen LogP contribution in [0.25, 0.3) is 0 Å². The van der Waals surface area contributed by atoms with Crippen molar-refractivity contribution >= 4 is 25.7 Å². The number of carboxylic acid groups (broad SMARTS) is 1. The van der Waals surface area contributed by atoms with Crippen LogP contribution in [-0.2, 0) is 37.5 Å². The lowest BCUT2D eigenvalue weighted by Crippen LogP contribution is -2.34. The van der Waals surface area contributed by atoms with Gasteiger partial charge in [0.2, 0.25) is 0 Å². The highest BCUT2D eigenvalue weighted by atomic mass is 31.2. The number of aliphatic hydroxyl groups is 1. The predicted octanol–water partition coefficient (Wildman–Crippen LogP) is 10.0. The summed E-state index contributed by atoms with van der Waals surface area (Å²) < 4.78 is 32.5. The number of esters is 2. The molecule has 0 bridgehead atoms. The molecule has 0 aromatic rings. The summed E-state index contributed by atoms with van der Waals surface area (Å²) in [4.78, 5) is 45.9. The van der Waals surface area contributed by atoms with E-state index in [1.165, 1.54) is 0 Å². The summed E-state index contributed by atoms with van der Waals surface area (Å²) in [5, 5.41) is 19.0. The zero-order valence-corrected chi connectivity index (χ0v) is 36.3. The van der Waals surface area contributed by atoms with Gasteiger partial charge in [-0.2, -0.15) is 0 Å². The molecular weight excluding hydrogens is 773 g/mol. The number of allylic oxidation sites excluding steroid dienone is 17. The smallest absolute Gasteiger partial charge is 0.472 e. The summed E-state index contributed by atoms with van der Waals surface area (Å²) in [5.74, 6) is -2.59. The van der Waals surface area contributed by atoms with E-state index in [4.69, 9.17) is 24.8 Å². The van der Waals surface area contributed by atoms with E-state index in [9.17, 15) is 28.9 Å². The molecular formula is C46H72NO11P. The SMILES string of the molecule is CC/C=C\C/C=C\C/C=C\C/C=C\C/C=C\C/C=C\CCC(=O)O[C@H](COC(=O)CCCCCCCC(O)/C=C/C=C/C/C=C/CC)COP(=O)(O)OC[C@H](N)C(=O)O. The Balaban J connectivity index is 4.62. The van der Waals surface area contributed by atoms with E-state index in [1.807, 2.05) is 36.5 Å². The van der Waals surface area contributed by atoms with Gasteiger partial charge in [0.05, 0.1) is 19.3 Å². The van der Waals surface area contributed by atoms with Crippen LogP contribution in [0, 0.1) is 0 Å². The Morgan fingerprint density at radius 1 is 0.610 bits per heavy atom. The highest BCUT2D eigenvalue weighted by Gasteiger charge is 2.28. The average molecular weight is 846 g/mol. The first kappa shape index (κ1) is 55.1. The molecule has 0 fully saturated rings. The molecule has 5 N–H and O–H groups in total. The van der Waals surface area contributed by atoms with Crippen LogP contribution < -0.4 is 5.73 Å². The first-order valence-corrected chi connectivity index (χ1v) is 22.5. The number of ether oxygens (including phenoxy) is 2. The molecule has 0 saturated heterocycles. The summed E-state index contributed by atoms with van der Waals surface area (Å²) in [5.41, 5.74) is 5.32. The van der Waals surface area contributed by atoms with Gasteiger partial charge >= 0.3 is 25.7 Å². The van der Waals surface area contributed by atoms with E-state index >= 15 is 0 Å². The number of carbonyl (C=O) groups excluding carboxylic acids is 2. The standard InChI is InChI=1S/C46H72NO11P/c1-3-5-7-9-11-12-13-14-15-16-17-18-19-20-21-22-24-28-33-37-45(50)58-42(39-56-59(53,54)57-40-43(47)46(51)52)38-55-44(49)36-32-29-25-27-31-35-41(48)34-30-26-23-10-8-6-4-2/h5-8,11-12,14-15,17-18,20-21,23-24,26,28,30,34,41-43,48H,3-4,9-10,13,16,19,22,25,27,29,31-33,35-40,47H2,1-2H3,(H,51,52)(H,53,54)/b7-5-,8-6+,12-11-,15-14-,18-17-,21-20-,26-23+,28-24-,34-30+/t41?,42-,43+/m1/s1. The minimum Gasteiger partial charge on any atom is -0.480 e. The van der Waals surface area contributed by atoms with Crippen molar-refractivity contribution < 1.29 is 52.6 Å². The highest BCUT2D eigenvalue weighted by Crippen LogP contribution is 2.43. The van der Waals surface area contributed by atoms with Gasteiger partial charge in [-0.3, -0.25) is 23.4 Å². The molecule has 12 nitrogen and oxygen atoms in total. The second-order valence-electron chi connectivity index (χ2n) is 13.6. The molecule has 0 spiro atoms. The summed E-state index contributed by atoms with van der Waals surface area (Å²) in [6, 6.07) is -1.55. The van der Waals surface area contributed by atoms with E-state index in [0.29, 0.717) is 25.7 Å². The lowest BCUT2D eigenvalue weighted by molar-refractivity contribution is -0.161. The Labute approximate surface area is 353 Å². The maximum Gasteiger partial charge on any atom is 0.472 e. The van der Waals surface area contributed by atoms with Crippen molar-refractivity contribution in [2.45, 2.75) is 141 Å². The van der Waals surface area contributed by atoms with Crippen LogP contribution in [0.3, 0.4) is 0 Å². The van der Waals surface area contributed by atoms with Crippen molar-refractivity contribution in [2.24, 2.45) is 5.73 Å². The van der Waals surface area contributed by atoms with Crippen molar-refractivity contribution in [3.63, 3.8) is 0 Å². The number of hydrogen-bond acceptors (Lipinski definition) is 10. The lowest BCUT2D eigenvalue weighted by atomic mass is 10.1. The zero-order valence-electron chi connectivity index (χ0n) is 35.4. The summed E-state index contributed by atoms with van der Waals surface area (Å²) in [6.07, 6.45) is 47.6. The van der Waals surface area contributed by atoms with Crippen molar-refractivity contribution in [2.75, 3.05) is 19.8 Å². The molecule has 2 unspecified atom stereocenters. The number of rotatable bonds is 37. The maximum atomic E-state index is 12.6. The number of unbranched alkanes of at least 4 members (excludes halogenated alkanes) is 4. The Morgan fingerprint density at radius 2 is 1.10 bits per heavy atom. The van der Waals surface area contributed by atoms with Gasteiger partial charge in [0.25, 0.3) is 0 Å². The van der Waals surface area contributed by atoms with E-state index in [-0.39, 0.29) is 12.8 Å². The molecule has 0 rings (SSSR count). The highest BCUT2D eigenvalue weighted by molar-refractivity contribution is 7.47. The second-order valence-corrected chi connectivity index (χ2v) is 15.0. The van der Waals surface area contributed by atoms with Gasteiger partial charge in [-0.25, -0.2) is 4.57 Å². The van der Waals surface area contributed by atoms with Gasteiger partial charge in [-0.1, -0.05) is 149 Å². The molecule has 0 aliphatic carbocycles. The molecule has 0 aromatic carbocycles. The Hall–Kier alpha value is -3.90. The number of carboxylic acids is 1. The quantitative estimate of drug-likeness (QED) is 0.0152. The molecule has 0 radical (unpaired) electrons. The number of aliphatic hydroxyl groups excluding tert-OH is 1. The minimum atomic E-state index is -4.77. The number of phosphoric ester groups is 1. The molecule has 332 valence electrons. The number of nitrogens with two attached hydrogens (primary N) is 1. The maximum absolute atomic E-state index is 12.6. The second kappa shape index (κ2) is 39.6. The summed E-state index contributed by atoms with van der Waals surface area (Å²) in [6.45, 7) is 2.35. The Kier molecular flexibility index (Phi) is 36.9. The number of aliphatic carboxylic acids is 1. The van der Waals surface area contributed by atoms with Crippen LogP contribution in [0.4, 0.5) is 0 Å². The van der Waals surface area contributed by atoms with E-state index in [2.05, 4.69) is 85.2 Å².